The van der Waals surface area contributed by atoms with E-state index in [1.54, 1.807) is 6.21 Å². The SMILES string of the molecule is CCN(CC)c1ccc(/C=N\Nc2nc3ccccc3o2)cc1. The van der Waals surface area contributed by atoms with Crippen LogP contribution in [0.15, 0.2) is 58.0 Å². The van der Waals surface area contributed by atoms with E-state index in [0.717, 1.165) is 29.8 Å². The molecule has 0 saturated heterocycles. The molecule has 118 valence electrons. The zero-order valence-corrected chi connectivity index (χ0v) is 13.4. The summed E-state index contributed by atoms with van der Waals surface area (Å²) in [5.41, 5.74) is 6.62. The summed E-state index contributed by atoms with van der Waals surface area (Å²) in [5.74, 6) is 0. The van der Waals surface area contributed by atoms with Crippen molar-refractivity contribution >= 4 is 29.0 Å². The number of nitrogens with one attached hydrogen (secondary N) is 1. The minimum atomic E-state index is 0.391. The monoisotopic (exact) mass is 308 g/mol. The molecule has 0 radical (unpaired) electrons. The maximum atomic E-state index is 5.54. The number of hydrogen-bond acceptors (Lipinski definition) is 5. The summed E-state index contributed by atoms with van der Waals surface area (Å²) < 4.78 is 5.54. The minimum absolute atomic E-state index is 0.391. The maximum absolute atomic E-state index is 5.54. The van der Waals surface area contributed by atoms with Crippen LogP contribution in [0.4, 0.5) is 11.7 Å². The van der Waals surface area contributed by atoms with Gasteiger partial charge in [0.25, 0.3) is 0 Å². The number of oxazole rings is 1. The Kier molecular flexibility index (Phi) is 4.57. The Morgan fingerprint density at radius 3 is 2.52 bits per heavy atom. The summed E-state index contributed by atoms with van der Waals surface area (Å²) in [5, 5.41) is 4.18. The van der Waals surface area contributed by atoms with E-state index in [2.05, 4.69) is 46.4 Å². The van der Waals surface area contributed by atoms with Crippen LogP contribution < -0.4 is 10.3 Å². The second-order valence-electron chi connectivity index (χ2n) is 5.12. The Morgan fingerprint density at radius 1 is 1.09 bits per heavy atom. The number of nitrogens with zero attached hydrogens (tertiary/aromatic N) is 3. The molecule has 5 nitrogen and oxygen atoms in total. The topological polar surface area (TPSA) is 53.7 Å². The van der Waals surface area contributed by atoms with Gasteiger partial charge in [0.1, 0.15) is 5.52 Å². The summed E-state index contributed by atoms with van der Waals surface area (Å²) in [6.07, 6.45) is 1.75. The van der Waals surface area contributed by atoms with Crippen LogP contribution in [-0.4, -0.2) is 24.3 Å². The van der Waals surface area contributed by atoms with Gasteiger partial charge in [0.15, 0.2) is 5.58 Å². The quantitative estimate of drug-likeness (QED) is 0.550. The number of hydrazone groups is 1. The highest BCUT2D eigenvalue weighted by Gasteiger charge is 2.03. The van der Waals surface area contributed by atoms with Crippen molar-refractivity contribution in [2.75, 3.05) is 23.4 Å². The molecule has 0 saturated carbocycles. The first kappa shape index (κ1) is 15.1. The van der Waals surface area contributed by atoms with Crippen molar-refractivity contribution in [1.29, 1.82) is 0 Å². The van der Waals surface area contributed by atoms with Crippen molar-refractivity contribution in [3.05, 3.63) is 54.1 Å². The average Bonchev–Trinajstić information content (AvgIpc) is 3.00. The summed E-state index contributed by atoms with van der Waals surface area (Å²) in [4.78, 5) is 6.61. The normalized spacial score (nSPS) is 11.2. The smallest absolute Gasteiger partial charge is 0.316 e. The molecule has 23 heavy (non-hydrogen) atoms. The molecule has 0 spiro atoms. The fraction of sp³-hybridized carbons (Fsp3) is 0.222. The number of benzene rings is 2. The van der Waals surface area contributed by atoms with Gasteiger partial charge in [-0.15, -0.1) is 0 Å². The lowest BCUT2D eigenvalue weighted by Crippen LogP contribution is -2.21. The van der Waals surface area contributed by atoms with Crippen LogP contribution in [0.5, 0.6) is 0 Å². The molecule has 5 heteroatoms. The molecule has 0 unspecified atom stereocenters. The molecule has 0 aliphatic carbocycles. The van der Waals surface area contributed by atoms with Crippen molar-refractivity contribution < 1.29 is 4.42 Å². The van der Waals surface area contributed by atoms with Gasteiger partial charge in [0, 0.05) is 18.8 Å². The van der Waals surface area contributed by atoms with E-state index in [-0.39, 0.29) is 0 Å². The molecule has 3 aromatic rings. The van der Waals surface area contributed by atoms with Crippen molar-refractivity contribution in [2.45, 2.75) is 13.8 Å². The zero-order chi connectivity index (χ0) is 16.1. The largest absolute Gasteiger partial charge is 0.422 e. The lowest BCUT2D eigenvalue weighted by atomic mass is 10.2. The van der Waals surface area contributed by atoms with E-state index in [0.29, 0.717) is 6.01 Å². The summed E-state index contributed by atoms with van der Waals surface area (Å²) in [6.45, 7) is 6.32. The first-order valence-corrected chi connectivity index (χ1v) is 7.79. The third-order valence-corrected chi connectivity index (χ3v) is 3.69. The van der Waals surface area contributed by atoms with Gasteiger partial charge in [-0.2, -0.15) is 10.1 Å². The van der Waals surface area contributed by atoms with E-state index in [9.17, 15) is 0 Å². The molecular weight excluding hydrogens is 288 g/mol. The summed E-state index contributed by atoms with van der Waals surface area (Å²) in [7, 11) is 0. The van der Waals surface area contributed by atoms with E-state index < -0.39 is 0 Å². The molecule has 1 N–H and O–H groups in total. The van der Waals surface area contributed by atoms with Crippen LogP contribution >= 0.6 is 0 Å². The summed E-state index contributed by atoms with van der Waals surface area (Å²) >= 11 is 0. The number of aromatic nitrogens is 1. The Bertz CT molecular complexity index is 755. The second kappa shape index (κ2) is 6.96. The molecule has 0 amide bonds. The predicted molar refractivity (Wildman–Crippen MR) is 95.2 cm³/mol. The third kappa shape index (κ3) is 3.51. The summed E-state index contributed by atoms with van der Waals surface area (Å²) in [6, 6.07) is 16.3. The van der Waals surface area contributed by atoms with Crippen LogP contribution in [0.2, 0.25) is 0 Å². The van der Waals surface area contributed by atoms with Gasteiger partial charge in [-0.25, -0.2) is 5.43 Å². The van der Waals surface area contributed by atoms with Gasteiger partial charge >= 0.3 is 6.01 Å². The van der Waals surface area contributed by atoms with Gasteiger partial charge < -0.3 is 9.32 Å². The number of fused-ring (bicyclic) bond motifs is 1. The second-order valence-corrected chi connectivity index (χ2v) is 5.12. The number of anilines is 2. The molecule has 3 rings (SSSR count). The first-order chi connectivity index (χ1) is 11.3. The van der Waals surface area contributed by atoms with Crippen LogP contribution in [0.25, 0.3) is 11.1 Å². The fourth-order valence-corrected chi connectivity index (χ4v) is 2.44. The van der Waals surface area contributed by atoms with E-state index in [4.69, 9.17) is 4.42 Å². The molecule has 0 aliphatic heterocycles. The maximum Gasteiger partial charge on any atom is 0.316 e. The third-order valence-electron chi connectivity index (χ3n) is 3.69. The van der Waals surface area contributed by atoms with Crippen molar-refractivity contribution in [3.63, 3.8) is 0 Å². The molecule has 1 aromatic heterocycles. The highest BCUT2D eigenvalue weighted by atomic mass is 16.4. The lowest BCUT2D eigenvalue weighted by Gasteiger charge is -2.20. The Balaban J connectivity index is 1.65. The van der Waals surface area contributed by atoms with Gasteiger partial charge in [-0.05, 0) is 43.7 Å². The van der Waals surface area contributed by atoms with Crippen LogP contribution in [0.3, 0.4) is 0 Å². The first-order valence-electron chi connectivity index (χ1n) is 7.79. The zero-order valence-electron chi connectivity index (χ0n) is 13.4. The van der Waals surface area contributed by atoms with Crippen molar-refractivity contribution in [2.24, 2.45) is 5.10 Å². The highest BCUT2D eigenvalue weighted by molar-refractivity contribution is 5.81. The number of rotatable bonds is 6. The van der Waals surface area contributed by atoms with Gasteiger partial charge in [0.05, 0.1) is 6.21 Å². The van der Waals surface area contributed by atoms with E-state index in [1.807, 2.05) is 36.4 Å². The van der Waals surface area contributed by atoms with Crippen molar-refractivity contribution in [1.82, 2.24) is 4.98 Å². The lowest BCUT2D eigenvalue weighted by molar-refractivity contribution is 0.617. The molecular formula is C18H20N4O. The fourth-order valence-electron chi connectivity index (χ4n) is 2.44. The van der Waals surface area contributed by atoms with E-state index in [1.165, 1.54) is 5.69 Å². The van der Waals surface area contributed by atoms with Gasteiger partial charge in [0.2, 0.25) is 0 Å². The van der Waals surface area contributed by atoms with Crippen LogP contribution in [0.1, 0.15) is 19.4 Å². The molecule has 0 bridgehead atoms. The van der Waals surface area contributed by atoms with Gasteiger partial charge in [-0.3, -0.25) is 0 Å². The van der Waals surface area contributed by atoms with Crippen LogP contribution in [0, 0.1) is 0 Å². The Morgan fingerprint density at radius 2 is 1.83 bits per heavy atom. The number of hydrogen-bond donors (Lipinski definition) is 1. The minimum Gasteiger partial charge on any atom is -0.422 e. The molecule has 0 aliphatic rings. The molecule has 1 heterocycles. The highest BCUT2D eigenvalue weighted by Crippen LogP contribution is 2.18. The van der Waals surface area contributed by atoms with Crippen molar-refractivity contribution in [3.8, 4) is 0 Å². The Hall–Kier alpha value is -2.82. The molecule has 0 fully saturated rings. The Labute approximate surface area is 135 Å². The van der Waals surface area contributed by atoms with Gasteiger partial charge in [-0.1, -0.05) is 24.3 Å². The van der Waals surface area contributed by atoms with E-state index >= 15 is 0 Å². The molecule has 0 atom stereocenters. The van der Waals surface area contributed by atoms with Crippen LogP contribution in [-0.2, 0) is 0 Å². The standard InChI is InChI=1S/C18H20N4O/c1-3-22(4-2)15-11-9-14(10-12-15)13-19-21-18-20-16-7-5-6-8-17(16)23-18/h5-13H,3-4H2,1-2H3,(H,20,21)/b19-13-. The molecule has 2 aromatic carbocycles. The average molecular weight is 308 g/mol. The number of para-hydroxylation sites is 2. The predicted octanol–water partition coefficient (Wildman–Crippen LogP) is 4.12.